The summed E-state index contributed by atoms with van der Waals surface area (Å²) in [6, 6.07) is 5.41. The Hall–Kier alpha value is -6.31. The van der Waals surface area contributed by atoms with Crippen LogP contribution in [0.3, 0.4) is 0 Å². The highest BCUT2D eigenvalue weighted by Crippen LogP contribution is 2.15. The Morgan fingerprint density at radius 2 is 0.978 bits per heavy atom. The van der Waals surface area contributed by atoms with Gasteiger partial charge in [0, 0.05) is 30.9 Å². The zero-order chi connectivity index (χ0) is 63.6. The SMILES string of the molecule is NCCOCCOCCOCCOCCOCCOCCOCCOCCOCCOCCOCCNc1c(NC(=O)CCOCCOCCOCCCNCCCC(NC(=O)c2ccc(NCc3cnc4nc(N)[nH]c(=O)c4n3)cc2)C(=O)O)c(=O)c1=O. The fourth-order valence-corrected chi connectivity index (χ4v) is 7.56. The van der Waals surface area contributed by atoms with Crippen molar-refractivity contribution in [3.05, 3.63) is 72.5 Å². The molecule has 0 saturated heterocycles. The largest absolute Gasteiger partial charge is 0.480 e. The van der Waals surface area contributed by atoms with Gasteiger partial charge in [-0.25, -0.2) is 14.8 Å². The van der Waals surface area contributed by atoms with Crippen LogP contribution in [0.5, 0.6) is 0 Å². The van der Waals surface area contributed by atoms with E-state index in [1.165, 1.54) is 6.20 Å². The number of fused-ring (bicyclic) bond motifs is 1. The molecule has 500 valence electrons. The summed E-state index contributed by atoms with van der Waals surface area (Å²) in [5.41, 5.74) is 10.5. The summed E-state index contributed by atoms with van der Waals surface area (Å²) >= 11 is 0. The van der Waals surface area contributed by atoms with E-state index in [2.05, 4.69) is 46.5 Å². The fourth-order valence-electron chi connectivity index (χ4n) is 7.56. The molecule has 0 bridgehead atoms. The van der Waals surface area contributed by atoms with Gasteiger partial charge < -0.3 is 109 Å². The maximum Gasteiger partial charge on any atom is 0.326 e. The van der Waals surface area contributed by atoms with Crippen LogP contribution in [-0.2, 0) is 82.4 Å². The van der Waals surface area contributed by atoms with Crippen LogP contribution in [0.25, 0.3) is 11.2 Å². The maximum atomic E-state index is 12.9. The van der Waals surface area contributed by atoms with Gasteiger partial charge in [0.05, 0.1) is 203 Å². The third kappa shape index (κ3) is 35.0. The van der Waals surface area contributed by atoms with E-state index in [1.807, 2.05) is 0 Å². The Bertz CT molecular complexity index is 2650. The van der Waals surface area contributed by atoms with Crippen molar-refractivity contribution in [2.45, 2.75) is 38.3 Å². The Balaban J connectivity index is 0.838. The number of carbonyl (C=O) groups excluding carboxylic acids is 2. The lowest BCUT2D eigenvalue weighted by Gasteiger charge is -2.15. The van der Waals surface area contributed by atoms with Crippen LogP contribution in [0.2, 0.25) is 0 Å². The minimum atomic E-state index is -1.13. The van der Waals surface area contributed by atoms with Gasteiger partial charge >= 0.3 is 5.97 Å². The Morgan fingerprint density at radius 1 is 0.528 bits per heavy atom. The third-order valence-electron chi connectivity index (χ3n) is 12.1. The summed E-state index contributed by atoms with van der Waals surface area (Å²) < 4.78 is 76.5. The van der Waals surface area contributed by atoms with Crippen LogP contribution < -0.4 is 54.5 Å². The number of aliphatic carboxylic acids is 1. The van der Waals surface area contributed by atoms with E-state index in [9.17, 15) is 33.9 Å². The number of anilines is 4. The van der Waals surface area contributed by atoms with Gasteiger partial charge in [-0.05, 0) is 56.6 Å². The standard InChI is InChI=1S/C57H91N11O21/c58-9-15-78-19-23-81-25-27-83-29-31-85-33-35-87-37-39-89-40-38-88-36-34-86-32-30-84-28-26-82-24-20-79-16-12-61-48-49(52(71)51(48)70)66-47(69)8-14-77-18-22-80-21-17-76-13-2-11-60-10-1-3-46(56(74)75)65-54(72)43-4-6-44(7-5-43)62-41-45-42-63-53-50(64-45)55(73)68-57(59)67-53/h4-7,42,46,60-62H,1-3,8-41,58H2,(H,65,72)(H,66,69)(H,74,75)(H3,59,63,67,68,73). The van der Waals surface area contributed by atoms with E-state index in [0.717, 1.165) is 0 Å². The van der Waals surface area contributed by atoms with Crippen LogP contribution in [0.1, 0.15) is 41.7 Å². The molecule has 32 nitrogen and oxygen atoms in total. The number of rotatable bonds is 60. The number of H-pyrrole nitrogens is 1. The minimum absolute atomic E-state index is 0.0335. The van der Waals surface area contributed by atoms with E-state index in [4.69, 9.17) is 77.8 Å². The van der Waals surface area contributed by atoms with E-state index >= 15 is 0 Å². The summed E-state index contributed by atoms with van der Waals surface area (Å²) in [5, 5.41) is 24.0. The fraction of sp³-hybridized carbons (Fsp3) is 0.667. The number of aromatic nitrogens is 4. The molecular weight excluding hydrogens is 1170 g/mol. The summed E-state index contributed by atoms with van der Waals surface area (Å²) in [5.74, 6) is -2.18. The second-order valence-electron chi connectivity index (χ2n) is 19.0. The molecule has 0 aliphatic carbocycles. The second-order valence-corrected chi connectivity index (χ2v) is 19.0. The molecule has 1 atom stereocenters. The van der Waals surface area contributed by atoms with Crippen LogP contribution in [0, 0.1) is 0 Å². The van der Waals surface area contributed by atoms with E-state index in [1.54, 1.807) is 24.3 Å². The molecule has 4 rings (SSSR count). The average molecular weight is 1270 g/mol. The number of nitrogens with two attached hydrogens (primary N) is 2. The number of hydrogen-bond donors (Lipinski definition) is 9. The minimum Gasteiger partial charge on any atom is -0.480 e. The number of carboxylic acids is 1. The lowest BCUT2D eigenvalue weighted by atomic mass is 10.1. The number of nitrogens with zero attached hydrogens (tertiary/aromatic N) is 3. The number of carboxylic acid groups (broad SMARTS) is 1. The monoisotopic (exact) mass is 1270 g/mol. The van der Waals surface area contributed by atoms with Gasteiger partial charge in [-0.1, -0.05) is 0 Å². The highest BCUT2D eigenvalue weighted by Gasteiger charge is 2.23. The molecule has 2 aromatic heterocycles. The molecule has 32 heteroatoms. The third-order valence-corrected chi connectivity index (χ3v) is 12.1. The molecular formula is C57H91N11O21. The number of aromatic amines is 1. The molecule has 89 heavy (non-hydrogen) atoms. The molecule has 0 saturated carbocycles. The van der Waals surface area contributed by atoms with Crippen molar-refractivity contribution in [1.29, 1.82) is 0 Å². The quantitative estimate of drug-likeness (QED) is 0.0191. The van der Waals surface area contributed by atoms with Crippen LogP contribution >= 0.6 is 0 Å². The van der Waals surface area contributed by atoms with Gasteiger partial charge in [0.2, 0.25) is 11.9 Å². The molecule has 0 radical (unpaired) electrons. The van der Waals surface area contributed by atoms with Gasteiger partial charge in [0.25, 0.3) is 22.3 Å². The first-order chi connectivity index (χ1) is 43.6. The molecule has 0 fully saturated rings. The lowest BCUT2D eigenvalue weighted by Crippen LogP contribution is -2.41. The highest BCUT2D eigenvalue weighted by atomic mass is 16.6. The summed E-state index contributed by atoms with van der Waals surface area (Å²) in [6.45, 7) is 13.7. The molecule has 11 N–H and O–H groups in total. The van der Waals surface area contributed by atoms with E-state index in [-0.39, 0.29) is 86.4 Å². The summed E-state index contributed by atoms with van der Waals surface area (Å²) in [6.07, 6.45) is 2.90. The first-order valence-electron chi connectivity index (χ1n) is 29.8. The number of nitrogen functional groups attached to an aromatic ring is 1. The van der Waals surface area contributed by atoms with Crippen LogP contribution in [-0.4, -0.2) is 260 Å². The van der Waals surface area contributed by atoms with Gasteiger partial charge in [-0.15, -0.1) is 0 Å². The zero-order valence-electron chi connectivity index (χ0n) is 50.7. The van der Waals surface area contributed by atoms with Crippen molar-refractivity contribution < 1.29 is 85.8 Å². The number of amides is 2. The Labute approximate surface area is 516 Å². The van der Waals surface area contributed by atoms with E-state index in [0.29, 0.717) is 202 Å². The molecule has 2 amide bonds. The number of carbonyl (C=O) groups is 3. The number of nitrogens with one attached hydrogen (secondary N) is 6. The maximum absolute atomic E-state index is 12.9. The predicted molar refractivity (Wildman–Crippen MR) is 325 cm³/mol. The van der Waals surface area contributed by atoms with Gasteiger partial charge in [-0.2, -0.15) is 4.98 Å². The second kappa shape index (κ2) is 49.5. The first-order valence-corrected chi connectivity index (χ1v) is 29.8. The first kappa shape index (κ1) is 75.2. The molecule has 2 heterocycles. The Kier molecular flexibility index (Phi) is 41.8. The highest BCUT2D eigenvalue weighted by molar-refractivity contribution is 5.97. The number of ether oxygens (including phenoxy) is 14. The summed E-state index contributed by atoms with van der Waals surface area (Å²) in [7, 11) is 0. The smallest absolute Gasteiger partial charge is 0.326 e. The van der Waals surface area contributed by atoms with Gasteiger partial charge in [0.15, 0.2) is 11.2 Å². The molecule has 4 aromatic rings. The van der Waals surface area contributed by atoms with Crippen molar-refractivity contribution >= 4 is 52.0 Å². The van der Waals surface area contributed by atoms with Crippen molar-refractivity contribution in [2.24, 2.45) is 5.73 Å². The van der Waals surface area contributed by atoms with Crippen molar-refractivity contribution in [3.8, 4) is 0 Å². The average Bonchev–Trinajstić information content (AvgIpc) is 1.18. The molecule has 1 unspecified atom stereocenters. The number of benzene rings is 1. The molecule has 0 aliphatic heterocycles. The topological polar surface area (TPSA) is 419 Å². The van der Waals surface area contributed by atoms with Crippen molar-refractivity contribution in [3.63, 3.8) is 0 Å². The lowest BCUT2D eigenvalue weighted by molar-refractivity contribution is -0.139. The van der Waals surface area contributed by atoms with Gasteiger partial charge in [0.1, 0.15) is 17.4 Å². The van der Waals surface area contributed by atoms with Crippen molar-refractivity contribution in [1.82, 2.24) is 30.6 Å². The molecule has 0 aliphatic rings. The molecule has 2 aromatic carbocycles. The molecule has 0 spiro atoms. The predicted octanol–water partition coefficient (Wildman–Crippen LogP) is -0.922. The van der Waals surface area contributed by atoms with Gasteiger partial charge in [-0.3, -0.25) is 29.0 Å². The summed E-state index contributed by atoms with van der Waals surface area (Å²) in [4.78, 5) is 88.3. The van der Waals surface area contributed by atoms with Crippen LogP contribution in [0.4, 0.5) is 23.0 Å². The van der Waals surface area contributed by atoms with Crippen molar-refractivity contribution in [2.75, 3.05) is 233 Å². The Morgan fingerprint density at radius 3 is 1.47 bits per heavy atom. The van der Waals surface area contributed by atoms with Crippen LogP contribution in [0.15, 0.2) is 44.8 Å². The number of hydrogen-bond acceptors (Lipinski definition) is 28. The normalized spacial score (nSPS) is 11.8. The zero-order valence-corrected chi connectivity index (χ0v) is 50.7. The van der Waals surface area contributed by atoms with E-state index < -0.39 is 40.2 Å².